The fraction of sp³-hybridized carbons (Fsp3) is 0.286. The Morgan fingerprint density at radius 3 is 2.14 bits per heavy atom. The SMILES string of the molecule is Cc1ccc(NC(=O)C(CCS(C)(=O)=O)N2C(=O)c3ccccc3C2=O)c(C)c1. The fourth-order valence-electron chi connectivity index (χ4n) is 3.36. The maximum Gasteiger partial charge on any atom is 0.262 e. The Morgan fingerprint density at radius 2 is 1.62 bits per heavy atom. The molecule has 0 saturated heterocycles. The highest BCUT2D eigenvalue weighted by Crippen LogP contribution is 2.27. The van der Waals surface area contributed by atoms with E-state index in [1.807, 2.05) is 26.0 Å². The van der Waals surface area contributed by atoms with Crippen LogP contribution in [0.1, 0.15) is 38.3 Å². The number of aryl methyl sites for hydroxylation is 2. The molecule has 0 saturated carbocycles. The molecule has 1 aliphatic heterocycles. The molecule has 2 aromatic carbocycles. The second-order valence-electron chi connectivity index (χ2n) is 7.27. The monoisotopic (exact) mass is 414 g/mol. The molecule has 7 nitrogen and oxygen atoms in total. The minimum atomic E-state index is -3.40. The van der Waals surface area contributed by atoms with Gasteiger partial charge in [0, 0.05) is 11.9 Å². The van der Waals surface area contributed by atoms with E-state index in [1.54, 1.807) is 18.2 Å². The molecule has 1 atom stereocenters. The zero-order valence-electron chi connectivity index (χ0n) is 16.4. The summed E-state index contributed by atoms with van der Waals surface area (Å²) >= 11 is 0. The van der Waals surface area contributed by atoms with Crippen molar-refractivity contribution >= 4 is 33.2 Å². The predicted octanol–water partition coefficient (Wildman–Crippen LogP) is 2.34. The van der Waals surface area contributed by atoms with Crippen LogP contribution >= 0.6 is 0 Å². The number of nitrogens with one attached hydrogen (secondary N) is 1. The normalized spacial score (nSPS) is 14.7. The first-order valence-corrected chi connectivity index (χ1v) is 11.2. The molecule has 3 amide bonds. The quantitative estimate of drug-likeness (QED) is 0.731. The third kappa shape index (κ3) is 4.37. The number of benzene rings is 2. The second-order valence-corrected chi connectivity index (χ2v) is 9.53. The third-order valence-electron chi connectivity index (χ3n) is 4.84. The van der Waals surface area contributed by atoms with Crippen LogP contribution in [-0.4, -0.2) is 49.1 Å². The van der Waals surface area contributed by atoms with Crippen LogP contribution in [0.2, 0.25) is 0 Å². The highest BCUT2D eigenvalue weighted by atomic mass is 32.2. The number of nitrogens with zero attached hydrogens (tertiary/aromatic N) is 1. The zero-order chi connectivity index (χ0) is 21.3. The maximum absolute atomic E-state index is 13.0. The van der Waals surface area contributed by atoms with E-state index in [1.165, 1.54) is 12.1 Å². The van der Waals surface area contributed by atoms with Crippen LogP contribution in [0.15, 0.2) is 42.5 Å². The van der Waals surface area contributed by atoms with Crippen LogP contribution in [-0.2, 0) is 14.6 Å². The van der Waals surface area contributed by atoms with Crippen LogP contribution in [0.3, 0.4) is 0 Å². The summed E-state index contributed by atoms with van der Waals surface area (Å²) in [5.41, 5.74) is 2.81. The largest absolute Gasteiger partial charge is 0.324 e. The topological polar surface area (TPSA) is 101 Å². The number of sulfone groups is 1. The maximum atomic E-state index is 13.0. The van der Waals surface area contributed by atoms with Crippen LogP contribution in [0.4, 0.5) is 5.69 Å². The number of fused-ring (bicyclic) bond motifs is 1. The van der Waals surface area contributed by atoms with Crippen molar-refractivity contribution in [3.05, 3.63) is 64.7 Å². The van der Waals surface area contributed by atoms with Crippen molar-refractivity contribution in [3.63, 3.8) is 0 Å². The van der Waals surface area contributed by atoms with Crippen LogP contribution in [0.5, 0.6) is 0 Å². The summed E-state index contributed by atoms with van der Waals surface area (Å²) in [7, 11) is -3.40. The molecular formula is C21H22N2O5S. The van der Waals surface area contributed by atoms with Gasteiger partial charge in [0.05, 0.1) is 16.9 Å². The van der Waals surface area contributed by atoms with Crippen LogP contribution in [0, 0.1) is 13.8 Å². The van der Waals surface area contributed by atoms with Gasteiger partial charge in [0.15, 0.2) is 0 Å². The summed E-state index contributed by atoms with van der Waals surface area (Å²) in [6.07, 6.45) is 0.871. The zero-order valence-corrected chi connectivity index (χ0v) is 17.2. The smallest absolute Gasteiger partial charge is 0.262 e. The van der Waals surface area contributed by atoms with Gasteiger partial charge in [-0.25, -0.2) is 8.42 Å². The van der Waals surface area contributed by atoms with Gasteiger partial charge in [0.2, 0.25) is 5.91 Å². The lowest BCUT2D eigenvalue weighted by Crippen LogP contribution is -2.48. The number of hydrogen-bond acceptors (Lipinski definition) is 5. The number of imide groups is 1. The number of anilines is 1. The van der Waals surface area contributed by atoms with E-state index in [4.69, 9.17) is 0 Å². The van der Waals surface area contributed by atoms with Crippen molar-refractivity contribution in [2.45, 2.75) is 26.3 Å². The van der Waals surface area contributed by atoms with E-state index in [0.717, 1.165) is 22.3 Å². The van der Waals surface area contributed by atoms with Gasteiger partial charge in [-0.1, -0.05) is 29.8 Å². The summed E-state index contributed by atoms with van der Waals surface area (Å²) in [5.74, 6) is -2.12. The number of carbonyl (C=O) groups excluding carboxylic acids is 3. The van der Waals surface area contributed by atoms with Gasteiger partial charge in [-0.3, -0.25) is 19.3 Å². The lowest BCUT2D eigenvalue weighted by molar-refractivity contribution is -0.120. The van der Waals surface area contributed by atoms with Crippen molar-refractivity contribution in [1.82, 2.24) is 4.90 Å². The Balaban J connectivity index is 1.93. The summed E-state index contributed by atoms with van der Waals surface area (Å²) in [6, 6.07) is 10.5. The molecular weight excluding hydrogens is 392 g/mol. The third-order valence-corrected chi connectivity index (χ3v) is 5.82. The summed E-state index contributed by atoms with van der Waals surface area (Å²) in [5, 5.41) is 2.74. The Hall–Kier alpha value is -3.00. The molecule has 0 aliphatic carbocycles. The molecule has 1 heterocycles. The Bertz CT molecular complexity index is 1070. The number of carbonyl (C=O) groups is 3. The molecule has 0 aromatic heterocycles. The van der Waals surface area contributed by atoms with Crippen molar-refractivity contribution < 1.29 is 22.8 Å². The van der Waals surface area contributed by atoms with E-state index in [9.17, 15) is 22.8 Å². The molecule has 0 radical (unpaired) electrons. The van der Waals surface area contributed by atoms with Crippen LogP contribution < -0.4 is 5.32 Å². The molecule has 2 aromatic rings. The summed E-state index contributed by atoms with van der Waals surface area (Å²) in [6.45, 7) is 3.75. The van der Waals surface area contributed by atoms with E-state index in [-0.39, 0.29) is 23.3 Å². The van der Waals surface area contributed by atoms with Crippen LogP contribution in [0.25, 0.3) is 0 Å². The molecule has 152 valence electrons. The van der Waals surface area contributed by atoms with Crippen molar-refractivity contribution in [3.8, 4) is 0 Å². The minimum Gasteiger partial charge on any atom is -0.324 e. The summed E-state index contributed by atoms with van der Waals surface area (Å²) in [4.78, 5) is 39.5. The van der Waals surface area contributed by atoms with Gasteiger partial charge in [-0.15, -0.1) is 0 Å². The van der Waals surface area contributed by atoms with Gasteiger partial charge in [-0.05, 0) is 44.0 Å². The lowest BCUT2D eigenvalue weighted by atomic mass is 10.1. The lowest BCUT2D eigenvalue weighted by Gasteiger charge is -2.25. The average Bonchev–Trinajstić information content (AvgIpc) is 2.89. The standard InChI is InChI=1S/C21H22N2O5S/c1-13-8-9-17(14(2)12-13)22-19(24)18(10-11-29(3,27)28)23-20(25)15-6-4-5-7-16(15)21(23)26/h4-9,12,18H,10-11H2,1-3H3,(H,22,24). The predicted molar refractivity (Wildman–Crippen MR) is 110 cm³/mol. The van der Waals surface area contributed by atoms with Gasteiger partial charge in [0.1, 0.15) is 15.9 Å². The number of hydrogen-bond donors (Lipinski definition) is 1. The van der Waals surface area contributed by atoms with Crippen molar-refractivity contribution in [2.24, 2.45) is 0 Å². The highest BCUT2D eigenvalue weighted by molar-refractivity contribution is 7.90. The second kappa shape index (κ2) is 7.79. The van der Waals surface area contributed by atoms with E-state index < -0.39 is 33.6 Å². The van der Waals surface area contributed by atoms with E-state index in [0.29, 0.717) is 5.69 Å². The van der Waals surface area contributed by atoms with Gasteiger partial charge < -0.3 is 5.32 Å². The average molecular weight is 414 g/mol. The van der Waals surface area contributed by atoms with Crippen molar-refractivity contribution in [1.29, 1.82) is 0 Å². The Morgan fingerprint density at radius 1 is 1.03 bits per heavy atom. The fourth-order valence-corrected chi connectivity index (χ4v) is 4.02. The van der Waals surface area contributed by atoms with Gasteiger partial charge in [0.25, 0.3) is 11.8 Å². The molecule has 0 spiro atoms. The highest BCUT2D eigenvalue weighted by Gasteiger charge is 2.42. The van der Waals surface area contributed by atoms with E-state index in [2.05, 4.69) is 5.32 Å². The minimum absolute atomic E-state index is 0.180. The molecule has 3 rings (SSSR count). The molecule has 0 bridgehead atoms. The molecule has 1 N–H and O–H groups in total. The Kier molecular flexibility index (Phi) is 5.57. The molecule has 1 unspecified atom stereocenters. The molecule has 8 heteroatoms. The van der Waals surface area contributed by atoms with E-state index >= 15 is 0 Å². The Labute approximate surface area is 169 Å². The molecule has 29 heavy (non-hydrogen) atoms. The number of rotatable bonds is 6. The first kappa shape index (κ1) is 20.7. The summed E-state index contributed by atoms with van der Waals surface area (Å²) < 4.78 is 23.4. The molecule has 0 fully saturated rings. The number of amides is 3. The first-order valence-electron chi connectivity index (χ1n) is 9.11. The molecule has 1 aliphatic rings. The van der Waals surface area contributed by atoms with Crippen molar-refractivity contribution in [2.75, 3.05) is 17.3 Å². The van der Waals surface area contributed by atoms with Gasteiger partial charge in [-0.2, -0.15) is 0 Å². The van der Waals surface area contributed by atoms with Gasteiger partial charge >= 0.3 is 0 Å². The first-order chi connectivity index (χ1) is 13.6.